The Kier molecular flexibility index (Phi) is 4.68. The van der Waals surface area contributed by atoms with Gasteiger partial charge in [-0.1, -0.05) is 13.0 Å². The van der Waals surface area contributed by atoms with Crippen LogP contribution in [0.1, 0.15) is 36.6 Å². The fraction of sp³-hybridized carbons (Fsp3) is 0.250. The van der Waals surface area contributed by atoms with Crippen LogP contribution in [-0.4, -0.2) is 34.9 Å². The first-order valence-electron chi connectivity index (χ1n) is 9.07. The molecule has 0 N–H and O–H groups in total. The Morgan fingerprint density at radius 3 is 2.75 bits per heavy atom. The van der Waals surface area contributed by atoms with Gasteiger partial charge in [-0.3, -0.25) is 9.78 Å². The first kappa shape index (κ1) is 18.0. The normalized spacial score (nSPS) is 11.2. The average molecular weight is 378 g/mol. The van der Waals surface area contributed by atoms with Gasteiger partial charge in [0.15, 0.2) is 11.6 Å². The molecule has 0 unspecified atom stereocenters. The molecule has 0 aromatic carbocycles. The minimum absolute atomic E-state index is 0.120. The Morgan fingerprint density at radius 2 is 2.00 bits per heavy atom. The van der Waals surface area contributed by atoms with Gasteiger partial charge in [-0.05, 0) is 24.6 Å². The highest BCUT2D eigenvalue weighted by Gasteiger charge is 2.18. The molecule has 4 aromatic heterocycles. The lowest BCUT2D eigenvalue weighted by Gasteiger charge is -2.10. The number of hydrogen-bond acceptors (Lipinski definition) is 5. The number of carbonyl (C=O) groups is 1. The molecule has 0 saturated heterocycles. The molecule has 7 nitrogen and oxygen atoms in total. The molecule has 0 aliphatic carbocycles. The smallest absolute Gasteiger partial charge is 0.213 e. The second kappa shape index (κ2) is 7.30. The molecule has 0 radical (unpaired) electrons. The third-order valence-corrected chi connectivity index (χ3v) is 4.50. The lowest BCUT2D eigenvalue weighted by atomic mass is 10.2. The highest BCUT2D eigenvalue weighted by atomic mass is 19.1. The molecule has 4 heterocycles. The highest BCUT2D eigenvalue weighted by molar-refractivity contribution is 6.03. The van der Waals surface area contributed by atoms with Crippen molar-refractivity contribution < 1.29 is 9.18 Å². The second-order valence-electron chi connectivity index (χ2n) is 6.49. The number of ketones is 1. The second-order valence-corrected chi connectivity index (χ2v) is 6.49. The van der Waals surface area contributed by atoms with Gasteiger partial charge in [0.2, 0.25) is 5.95 Å². The fourth-order valence-corrected chi connectivity index (χ4v) is 3.31. The van der Waals surface area contributed by atoms with E-state index in [4.69, 9.17) is 4.98 Å². The summed E-state index contributed by atoms with van der Waals surface area (Å²) in [7, 11) is 0. The molecule has 28 heavy (non-hydrogen) atoms. The van der Waals surface area contributed by atoms with Crippen LogP contribution in [0, 0.1) is 5.95 Å². The molecule has 142 valence electrons. The zero-order valence-corrected chi connectivity index (χ0v) is 15.6. The Balaban J connectivity index is 1.81. The van der Waals surface area contributed by atoms with E-state index in [1.165, 1.54) is 13.0 Å². The minimum Gasteiger partial charge on any atom is -0.326 e. The van der Waals surface area contributed by atoms with Gasteiger partial charge in [0.1, 0.15) is 22.7 Å². The molecule has 4 rings (SSSR count). The molecule has 0 spiro atoms. The summed E-state index contributed by atoms with van der Waals surface area (Å²) in [6.45, 7) is 4.75. The fourth-order valence-electron chi connectivity index (χ4n) is 3.31. The van der Waals surface area contributed by atoms with E-state index in [9.17, 15) is 9.18 Å². The number of carbonyl (C=O) groups excluding carboxylic acids is 1. The van der Waals surface area contributed by atoms with E-state index < -0.39 is 5.95 Å². The van der Waals surface area contributed by atoms with Crippen molar-refractivity contribution in [3.05, 3.63) is 60.3 Å². The third kappa shape index (κ3) is 3.17. The lowest BCUT2D eigenvalue weighted by molar-refractivity contribution is 0.101. The van der Waals surface area contributed by atoms with Crippen LogP contribution >= 0.6 is 0 Å². The first-order valence-corrected chi connectivity index (χ1v) is 9.07. The van der Waals surface area contributed by atoms with Crippen molar-refractivity contribution in [3.8, 4) is 11.5 Å². The van der Waals surface area contributed by atoms with Gasteiger partial charge in [-0.25, -0.2) is 15.0 Å². The van der Waals surface area contributed by atoms with Crippen molar-refractivity contribution in [2.75, 3.05) is 0 Å². The summed E-state index contributed by atoms with van der Waals surface area (Å²) >= 11 is 0. The van der Waals surface area contributed by atoms with E-state index in [2.05, 4.69) is 26.4 Å². The number of Topliss-reactive ketones (excluding diaryl/α,β-unsaturated/α-hetero) is 1. The van der Waals surface area contributed by atoms with Gasteiger partial charge >= 0.3 is 0 Å². The predicted octanol–water partition coefficient (Wildman–Crippen LogP) is 3.49. The summed E-state index contributed by atoms with van der Waals surface area (Å²) in [6.07, 6.45) is 6.01. The number of fused-ring (bicyclic) bond motifs is 1. The van der Waals surface area contributed by atoms with Crippen LogP contribution in [0.5, 0.6) is 0 Å². The minimum atomic E-state index is -0.553. The molecule has 0 saturated carbocycles. The molecule has 8 heteroatoms. The lowest BCUT2D eigenvalue weighted by Crippen LogP contribution is -2.10. The summed E-state index contributed by atoms with van der Waals surface area (Å²) in [5.74, 6) is 0.663. The van der Waals surface area contributed by atoms with Crippen LogP contribution in [-0.2, 0) is 13.1 Å². The quantitative estimate of drug-likeness (QED) is 0.379. The van der Waals surface area contributed by atoms with Gasteiger partial charge < -0.3 is 9.13 Å². The van der Waals surface area contributed by atoms with Crippen molar-refractivity contribution in [1.29, 1.82) is 0 Å². The summed E-state index contributed by atoms with van der Waals surface area (Å²) in [5.41, 5.74) is 2.30. The monoisotopic (exact) mass is 378 g/mol. The topological polar surface area (TPSA) is 78.5 Å². The number of rotatable bonds is 6. The number of nitrogens with zero attached hydrogens (tertiary/aromatic N) is 6. The Hall–Kier alpha value is -3.42. The molecule has 0 amide bonds. The maximum absolute atomic E-state index is 13.5. The molecule has 0 atom stereocenters. The number of imidazole rings is 2. The summed E-state index contributed by atoms with van der Waals surface area (Å²) in [4.78, 5) is 29.1. The molecule has 0 aliphatic rings. The van der Waals surface area contributed by atoms with Gasteiger partial charge in [0, 0.05) is 32.1 Å². The largest absolute Gasteiger partial charge is 0.326 e. The molecule has 0 aliphatic heterocycles. The molecule has 0 fully saturated rings. The molecule has 4 aromatic rings. The van der Waals surface area contributed by atoms with Crippen LogP contribution in [0.2, 0.25) is 0 Å². The van der Waals surface area contributed by atoms with Gasteiger partial charge in [-0.2, -0.15) is 4.39 Å². The number of hydrogen-bond donors (Lipinski definition) is 0. The predicted molar refractivity (Wildman–Crippen MR) is 102 cm³/mol. The maximum atomic E-state index is 13.5. The van der Waals surface area contributed by atoms with Crippen molar-refractivity contribution in [1.82, 2.24) is 29.1 Å². The summed E-state index contributed by atoms with van der Waals surface area (Å²) < 4.78 is 17.5. The van der Waals surface area contributed by atoms with Gasteiger partial charge in [-0.15, -0.1) is 0 Å². The Morgan fingerprint density at radius 1 is 1.14 bits per heavy atom. The van der Waals surface area contributed by atoms with E-state index >= 15 is 0 Å². The van der Waals surface area contributed by atoms with Crippen LogP contribution in [0.25, 0.3) is 22.6 Å². The highest BCUT2D eigenvalue weighted by Crippen LogP contribution is 2.22. The zero-order chi connectivity index (χ0) is 19.7. The van der Waals surface area contributed by atoms with E-state index in [0.717, 1.165) is 24.3 Å². The number of aromatic nitrogens is 6. The van der Waals surface area contributed by atoms with Crippen molar-refractivity contribution in [2.24, 2.45) is 0 Å². The summed E-state index contributed by atoms with van der Waals surface area (Å²) in [5, 5.41) is 0. The number of halogens is 1. The molecular formula is C20H19FN6O. The van der Waals surface area contributed by atoms with Crippen molar-refractivity contribution in [2.45, 2.75) is 33.4 Å². The number of aryl methyl sites for hydroxylation is 1. The first-order chi connectivity index (χ1) is 13.6. The average Bonchev–Trinajstić information content (AvgIpc) is 3.27. The van der Waals surface area contributed by atoms with Crippen molar-refractivity contribution >= 4 is 16.8 Å². The van der Waals surface area contributed by atoms with Gasteiger partial charge in [0.25, 0.3) is 0 Å². The Labute approximate surface area is 160 Å². The van der Waals surface area contributed by atoms with E-state index in [1.54, 1.807) is 24.5 Å². The SMILES string of the molecule is CCCn1c(Cn2ccnc2-c2cccc(F)n2)nc2c(C(C)=O)nccc21. The molecule has 0 bridgehead atoms. The van der Waals surface area contributed by atoms with Crippen LogP contribution < -0.4 is 0 Å². The summed E-state index contributed by atoms with van der Waals surface area (Å²) in [6, 6.07) is 6.49. The van der Waals surface area contributed by atoms with Crippen molar-refractivity contribution in [3.63, 3.8) is 0 Å². The number of pyridine rings is 2. The maximum Gasteiger partial charge on any atom is 0.213 e. The van der Waals surface area contributed by atoms with E-state index in [-0.39, 0.29) is 5.78 Å². The van der Waals surface area contributed by atoms with E-state index in [1.807, 2.05) is 16.8 Å². The van der Waals surface area contributed by atoms with Crippen LogP contribution in [0.3, 0.4) is 0 Å². The molecular weight excluding hydrogens is 359 g/mol. The van der Waals surface area contributed by atoms with Gasteiger partial charge in [0.05, 0.1) is 12.1 Å². The standard InChI is InChI=1S/C20H19FN6O/c1-3-10-27-15-7-8-22-18(13(2)28)19(15)25-17(27)12-26-11-9-23-20(26)14-5-4-6-16(21)24-14/h4-9,11H,3,10,12H2,1-2H3. The van der Waals surface area contributed by atoms with E-state index in [0.29, 0.717) is 29.3 Å². The van der Waals surface area contributed by atoms with Crippen LogP contribution in [0.4, 0.5) is 4.39 Å². The zero-order valence-electron chi connectivity index (χ0n) is 15.6. The third-order valence-electron chi connectivity index (χ3n) is 4.50. The Bertz CT molecular complexity index is 1160. The van der Waals surface area contributed by atoms with Crippen LogP contribution in [0.15, 0.2) is 42.9 Å².